The second kappa shape index (κ2) is 8.61. The molecule has 1 aliphatic rings. The van der Waals surface area contributed by atoms with E-state index in [1.807, 2.05) is 18.2 Å². The standard InChI is InChI=1S/C24H27FN2O/c1-28-22-10-11-24-23(15-22)20(16-26-24)14-19-5-3-13-27(17-19)12-2-4-18-6-8-21(25)9-7-18/h5-11,15-16,26H,2-4,12-14,17H2,1H3. The molecule has 0 bridgehead atoms. The van der Waals surface area contributed by atoms with Gasteiger partial charge in [0.1, 0.15) is 11.6 Å². The highest BCUT2D eigenvalue weighted by molar-refractivity contribution is 5.84. The van der Waals surface area contributed by atoms with Crippen molar-refractivity contribution >= 4 is 10.9 Å². The number of hydrogen-bond donors (Lipinski definition) is 1. The normalized spacial score (nSPS) is 15.0. The number of nitrogens with one attached hydrogen (secondary N) is 1. The van der Waals surface area contributed by atoms with Crippen molar-refractivity contribution in [3.63, 3.8) is 0 Å². The number of hydrogen-bond acceptors (Lipinski definition) is 2. The third kappa shape index (κ3) is 4.45. The van der Waals surface area contributed by atoms with Crippen molar-refractivity contribution in [3.05, 3.63) is 77.3 Å². The van der Waals surface area contributed by atoms with Crippen molar-refractivity contribution in [1.29, 1.82) is 0 Å². The summed E-state index contributed by atoms with van der Waals surface area (Å²) in [5.74, 6) is 0.734. The highest BCUT2D eigenvalue weighted by Gasteiger charge is 2.14. The van der Waals surface area contributed by atoms with Gasteiger partial charge in [-0.05, 0) is 73.7 Å². The molecule has 1 N–H and O–H groups in total. The second-order valence-corrected chi connectivity index (χ2v) is 7.56. The second-order valence-electron chi connectivity index (χ2n) is 7.56. The van der Waals surface area contributed by atoms with E-state index in [9.17, 15) is 4.39 Å². The molecule has 3 aromatic rings. The van der Waals surface area contributed by atoms with E-state index < -0.39 is 0 Å². The number of nitrogens with zero attached hydrogens (tertiary/aromatic N) is 1. The number of benzene rings is 2. The Balaban J connectivity index is 1.34. The lowest BCUT2D eigenvalue weighted by Crippen LogP contribution is -2.31. The topological polar surface area (TPSA) is 28.3 Å². The number of aromatic nitrogens is 1. The first-order valence-corrected chi connectivity index (χ1v) is 10.00. The predicted octanol–water partition coefficient (Wildman–Crippen LogP) is 5.12. The fourth-order valence-corrected chi connectivity index (χ4v) is 4.03. The molecule has 0 unspecified atom stereocenters. The number of aryl methyl sites for hydroxylation is 1. The first-order chi connectivity index (χ1) is 13.7. The maximum Gasteiger partial charge on any atom is 0.123 e. The van der Waals surface area contributed by atoms with Crippen LogP contribution < -0.4 is 4.74 Å². The van der Waals surface area contributed by atoms with Crippen LogP contribution in [0.5, 0.6) is 5.75 Å². The van der Waals surface area contributed by atoms with Crippen LogP contribution in [0.3, 0.4) is 0 Å². The number of methoxy groups -OCH3 is 1. The van der Waals surface area contributed by atoms with Gasteiger partial charge >= 0.3 is 0 Å². The lowest BCUT2D eigenvalue weighted by molar-refractivity contribution is 0.285. The molecule has 0 amide bonds. The predicted molar refractivity (Wildman–Crippen MR) is 112 cm³/mol. The summed E-state index contributed by atoms with van der Waals surface area (Å²) in [5.41, 5.74) is 5.18. The molecular weight excluding hydrogens is 351 g/mol. The smallest absolute Gasteiger partial charge is 0.123 e. The van der Waals surface area contributed by atoms with E-state index in [0.717, 1.165) is 56.6 Å². The van der Waals surface area contributed by atoms with Crippen molar-refractivity contribution in [1.82, 2.24) is 9.88 Å². The summed E-state index contributed by atoms with van der Waals surface area (Å²) in [5, 5.41) is 1.24. The van der Waals surface area contributed by atoms with Crippen LogP contribution in [0.2, 0.25) is 0 Å². The van der Waals surface area contributed by atoms with Crippen LogP contribution in [-0.2, 0) is 12.8 Å². The molecule has 4 heteroatoms. The Morgan fingerprint density at radius 2 is 2.00 bits per heavy atom. The van der Waals surface area contributed by atoms with Crippen molar-refractivity contribution in [2.24, 2.45) is 0 Å². The van der Waals surface area contributed by atoms with Gasteiger partial charge in [-0.1, -0.05) is 23.8 Å². The molecule has 3 nitrogen and oxygen atoms in total. The molecule has 146 valence electrons. The van der Waals surface area contributed by atoms with Gasteiger partial charge in [-0.25, -0.2) is 4.39 Å². The Kier molecular flexibility index (Phi) is 5.77. The molecular formula is C24H27FN2O. The Morgan fingerprint density at radius 1 is 1.14 bits per heavy atom. The Morgan fingerprint density at radius 3 is 2.82 bits per heavy atom. The molecule has 0 radical (unpaired) electrons. The molecule has 4 rings (SSSR count). The fourth-order valence-electron chi connectivity index (χ4n) is 4.03. The average Bonchev–Trinajstić information content (AvgIpc) is 3.12. The van der Waals surface area contributed by atoms with Gasteiger partial charge in [0.05, 0.1) is 7.11 Å². The molecule has 2 heterocycles. The largest absolute Gasteiger partial charge is 0.497 e. The minimum Gasteiger partial charge on any atom is -0.497 e. The van der Waals surface area contributed by atoms with Gasteiger partial charge < -0.3 is 9.72 Å². The van der Waals surface area contributed by atoms with Gasteiger partial charge in [0.15, 0.2) is 0 Å². The van der Waals surface area contributed by atoms with Gasteiger partial charge in [-0.15, -0.1) is 0 Å². The lowest BCUT2D eigenvalue weighted by Gasteiger charge is -2.27. The van der Waals surface area contributed by atoms with Crippen LogP contribution in [0, 0.1) is 5.82 Å². The summed E-state index contributed by atoms with van der Waals surface area (Å²) in [6, 6.07) is 13.1. The zero-order valence-electron chi connectivity index (χ0n) is 16.4. The van der Waals surface area contributed by atoms with Crippen molar-refractivity contribution < 1.29 is 9.13 Å². The Hall–Kier alpha value is -2.59. The monoisotopic (exact) mass is 378 g/mol. The summed E-state index contributed by atoms with van der Waals surface area (Å²) < 4.78 is 18.4. The van der Waals surface area contributed by atoms with Crippen LogP contribution in [0.1, 0.15) is 24.0 Å². The quantitative estimate of drug-likeness (QED) is 0.578. The van der Waals surface area contributed by atoms with Crippen LogP contribution in [-0.4, -0.2) is 36.6 Å². The zero-order valence-corrected chi connectivity index (χ0v) is 16.4. The molecule has 1 aliphatic heterocycles. The highest BCUT2D eigenvalue weighted by Crippen LogP contribution is 2.26. The third-order valence-corrected chi connectivity index (χ3v) is 5.55. The number of rotatable bonds is 7. The number of halogens is 1. The van der Waals surface area contributed by atoms with E-state index in [4.69, 9.17) is 4.74 Å². The van der Waals surface area contributed by atoms with Crippen molar-refractivity contribution in [2.75, 3.05) is 26.7 Å². The van der Waals surface area contributed by atoms with E-state index in [2.05, 4.69) is 34.3 Å². The SMILES string of the molecule is COc1ccc2[nH]cc(CC3=CCCN(CCCc4ccc(F)cc4)C3)c2c1. The molecule has 28 heavy (non-hydrogen) atoms. The van der Waals surface area contributed by atoms with Gasteiger partial charge in [0.2, 0.25) is 0 Å². The van der Waals surface area contributed by atoms with Gasteiger partial charge in [0.25, 0.3) is 0 Å². The molecule has 0 aliphatic carbocycles. The fraction of sp³-hybridized carbons (Fsp3) is 0.333. The summed E-state index contributed by atoms with van der Waals surface area (Å²) in [7, 11) is 1.71. The van der Waals surface area contributed by atoms with E-state index in [-0.39, 0.29) is 5.82 Å². The van der Waals surface area contributed by atoms with E-state index >= 15 is 0 Å². The van der Waals surface area contributed by atoms with Crippen LogP contribution in [0.4, 0.5) is 4.39 Å². The summed E-state index contributed by atoms with van der Waals surface area (Å²) >= 11 is 0. The van der Waals surface area contributed by atoms with Crippen LogP contribution >= 0.6 is 0 Å². The van der Waals surface area contributed by atoms with E-state index in [0.29, 0.717) is 0 Å². The summed E-state index contributed by atoms with van der Waals surface area (Å²) in [6.07, 6.45) is 8.70. The molecule has 2 aromatic carbocycles. The van der Waals surface area contributed by atoms with Crippen molar-refractivity contribution in [3.8, 4) is 5.75 Å². The maximum atomic E-state index is 13.0. The number of aromatic amines is 1. The molecule has 1 aromatic heterocycles. The lowest BCUT2D eigenvalue weighted by atomic mass is 10.00. The first-order valence-electron chi connectivity index (χ1n) is 10.00. The average molecular weight is 378 g/mol. The minimum absolute atomic E-state index is 0.163. The zero-order chi connectivity index (χ0) is 19.3. The third-order valence-electron chi connectivity index (χ3n) is 5.55. The molecule has 0 atom stereocenters. The Labute approximate surface area is 165 Å². The van der Waals surface area contributed by atoms with Gasteiger partial charge in [0, 0.05) is 30.2 Å². The number of fused-ring (bicyclic) bond motifs is 1. The molecule has 0 saturated carbocycles. The maximum absolute atomic E-state index is 13.0. The molecule has 0 fully saturated rings. The van der Waals surface area contributed by atoms with Gasteiger partial charge in [-0.2, -0.15) is 0 Å². The molecule has 0 spiro atoms. The Bertz CT molecular complexity index is 958. The van der Waals surface area contributed by atoms with Crippen LogP contribution in [0.25, 0.3) is 10.9 Å². The molecule has 0 saturated heterocycles. The number of ether oxygens (including phenoxy) is 1. The number of H-pyrrole nitrogens is 1. The van der Waals surface area contributed by atoms with Crippen molar-refractivity contribution in [2.45, 2.75) is 25.7 Å². The minimum atomic E-state index is -0.163. The highest BCUT2D eigenvalue weighted by atomic mass is 19.1. The summed E-state index contributed by atoms with van der Waals surface area (Å²) in [6.45, 7) is 3.23. The van der Waals surface area contributed by atoms with E-state index in [1.54, 1.807) is 19.2 Å². The summed E-state index contributed by atoms with van der Waals surface area (Å²) in [4.78, 5) is 5.91. The van der Waals surface area contributed by atoms with Crippen LogP contribution in [0.15, 0.2) is 60.3 Å². The van der Waals surface area contributed by atoms with Gasteiger partial charge in [-0.3, -0.25) is 4.90 Å². The first kappa shape index (κ1) is 18.8. The van der Waals surface area contributed by atoms with E-state index in [1.165, 1.54) is 22.1 Å².